The third kappa shape index (κ3) is 3.23. The first-order valence-electron chi connectivity index (χ1n) is 8.30. The van der Waals surface area contributed by atoms with Gasteiger partial charge in [-0.3, -0.25) is 4.79 Å². The predicted molar refractivity (Wildman–Crippen MR) is 95.8 cm³/mol. The summed E-state index contributed by atoms with van der Waals surface area (Å²) in [5, 5.41) is 9.77. The lowest BCUT2D eigenvalue weighted by Gasteiger charge is -2.29. The van der Waals surface area contributed by atoms with E-state index in [2.05, 4.69) is 38.5 Å². The summed E-state index contributed by atoms with van der Waals surface area (Å²) in [6.07, 6.45) is 4.16. The molecule has 23 heavy (non-hydrogen) atoms. The Morgan fingerprint density at radius 1 is 1.30 bits per heavy atom. The van der Waals surface area contributed by atoms with Crippen LogP contribution in [-0.2, 0) is 17.8 Å². The molecule has 1 spiro atoms. The standard InChI is InChI=1S/C18H22N2OS2/c21-17(10-15-2-1-8-23-15)20(12-14-3-9-22-13-14)16-11-18(16)4-6-19-7-5-18/h1-3,8-9,13,16,19H,4-7,10-12H2. The van der Waals surface area contributed by atoms with Gasteiger partial charge in [0, 0.05) is 17.5 Å². The van der Waals surface area contributed by atoms with Crippen molar-refractivity contribution in [1.29, 1.82) is 0 Å². The van der Waals surface area contributed by atoms with Crippen LogP contribution in [0.25, 0.3) is 0 Å². The first-order valence-corrected chi connectivity index (χ1v) is 10.1. The number of nitrogens with zero attached hydrogens (tertiary/aromatic N) is 1. The maximum atomic E-state index is 13.0. The molecule has 3 nitrogen and oxygen atoms in total. The zero-order valence-corrected chi connectivity index (χ0v) is 14.8. The monoisotopic (exact) mass is 346 g/mol. The molecular formula is C18H22N2OS2. The van der Waals surface area contributed by atoms with Crippen LogP contribution in [0, 0.1) is 5.41 Å². The lowest BCUT2D eigenvalue weighted by molar-refractivity contribution is -0.132. The molecule has 1 aliphatic carbocycles. The maximum absolute atomic E-state index is 13.0. The minimum Gasteiger partial charge on any atom is -0.334 e. The van der Waals surface area contributed by atoms with E-state index in [0.717, 1.165) is 19.6 Å². The van der Waals surface area contributed by atoms with E-state index in [1.807, 2.05) is 6.07 Å². The Hall–Kier alpha value is -1.17. The third-order valence-corrected chi connectivity index (χ3v) is 6.89. The zero-order valence-electron chi connectivity index (χ0n) is 13.2. The molecule has 122 valence electrons. The highest BCUT2D eigenvalue weighted by molar-refractivity contribution is 7.10. The molecule has 4 rings (SSSR count). The van der Waals surface area contributed by atoms with E-state index in [9.17, 15) is 4.79 Å². The Bertz CT molecular complexity index is 645. The van der Waals surface area contributed by atoms with Crippen molar-refractivity contribution in [2.45, 2.75) is 38.3 Å². The second kappa shape index (κ2) is 6.38. The second-order valence-electron chi connectivity index (χ2n) is 6.74. The van der Waals surface area contributed by atoms with Gasteiger partial charge in [0.2, 0.25) is 5.91 Å². The number of rotatable bonds is 5. The van der Waals surface area contributed by atoms with Gasteiger partial charge in [0.1, 0.15) is 0 Å². The number of carbonyl (C=O) groups is 1. The number of nitrogens with one attached hydrogen (secondary N) is 1. The van der Waals surface area contributed by atoms with Crippen molar-refractivity contribution >= 4 is 28.6 Å². The minimum atomic E-state index is 0.291. The quantitative estimate of drug-likeness (QED) is 0.898. The van der Waals surface area contributed by atoms with Crippen LogP contribution in [0.5, 0.6) is 0 Å². The van der Waals surface area contributed by atoms with Gasteiger partial charge in [-0.1, -0.05) is 6.07 Å². The van der Waals surface area contributed by atoms with Crippen LogP contribution in [0.3, 0.4) is 0 Å². The maximum Gasteiger partial charge on any atom is 0.228 e. The molecule has 1 atom stereocenters. The summed E-state index contributed by atoms with van der Waals surface area (Å²) in [6.45, 7) is 2.97. The molecule has 1 unspecified atom stereocenters. The van der Waals surface area contributed by atoms with Crippen molar-refractivity contribution in [3.8, 4) is 0 Å². The van der Waals surface area contributed by atoms with Crippen LogP contribution in [0.4, 0.5) is 0 Å². The molecule has 1 amide bonds. The van der Waals surface area contributed by atoms with Crippen molar-refractivity contribution in [3.63, 3.8) is 0 Å². The summed E-state index contributed by atoms with van der Waals surface area (Å²) < 4.78 is 0. The molecule has 2 aromatic heterocycles. The SMILES string of the molecule is O=C(Cc1cccs1)N(Cc1ccsc1)C1CC12CCNCC2. The van der Waals surface area contributed by atoms with E-state index in [4.69, 9.17) is 0 Å². The lowest BCUT2D eigenvalue weighted by Crippen LogP contribution is -2.39. The first-order chi connectivity index (χ1) is 11.3. The van der Waals surface area contributed by atoms with Crippen molar-refractivity contribution in [2.75, 3.05) is 13.1 Å². The van der Waals surface area contributed by atoms with E-state index < -0.39 is 0 Å². The van der Waals surface area contributed by atoms with Crippen molar-refractivity contribution < 1.29 is 4.79 Å². The molecule has 0 radical (unpaired) electrons. The number of hydrogen-bond donors (Lipinski definition) is 1. The normalized spacial score (nSPS) is 22.2. The molecule has 1 N–H and O–H groups in total. The van der Waals surface area contributed by atoms with Crippen LogP contribution in [0.1, 0.15) is 29.7 Å². The van der Waals surface area contributed by atoms with Gasteiger partial charge in [-0.2, -0.15) is 11.3 Å². The van der Waals surface area contributed by atoms with Crippen LogP contribution >= 0.6 is 22.7 Å². The van der Waals surface area contributed by atoms with Gasteiger partial charge in [0.15, 0.2) is 0 Å². The summed E-state index contributed by atoms with van der Waals surface area (Å²) >= 11 is 3.39. The van der Waals surface area contributed by atoms with Crippen molar-refractivity contribution in [3.05, 3.63) is 44.8 Å². The van der Waals surface area contributed by atoms with E-state index in [1.54, 1.807) is 22.7 Å². The average Bonchev–Trinajstić information content (AvgIpc) is 2.99. The number of amides is 1. The molecule has 0 aromatic carbocycles. The van der Waals surface area contributed by atoms with Crippen LogP contribution in [0.2, 0.25) is 0 Å². The van der Waals surface area contributed by atoms with Crippen LogP contribution in [0.15, 0.2) is 34.3 Å². The first kappa shape index (κ1) is 15.4. The molecule has 1 saturated carbocycles. The van der Waals surface area contributed by atoms with Crippen molar-refractivity contribution in [2.24, 2.45) is 5.41 Å². The highest BCUT2D eigenvalue weighted by atomic mass is 32.1. The number of hydrogen-bond acceptors (Lipinski definition) is 4. The van der Waals surface area contributed by atoms with E-state index in [-0.39, 0.29) is 0 Å². The second-order valence-corrected chi connectivity index (χ2v) is 8.55. The molecule has 5 heteroatoms. The summed E-state index contributed by atoms with van der Waals surface area (Å²) in [5.74, 6) is 0.291. The van der Waals surface area contributed by atoms with Crippen LogP contribution in [-0.4, -0.2) is 29.9 Å². The van der Waals surface area contributed by atoms with Gasteiger partial charge in [0.05, 0.1) is 6.42 Å². The minimum absolute atomic E-state index is 0.291. The molecule has 1 saturated heterocycles. The Morgan fingerprint density at radius 2 is 2.17 bits per heavy atom. The van der Waals surface area contributed by atoms with Gasteiger partial charge in [-0.25, -0.2) is 0 Å². The largest absolute Gasteiger partial charge is 0.334 e. The zero-order chi connectivity index (χ0) is 15.7. The molecule has 0 bridgehead atoms. The Kier molecular flexibility index (Phi) is 4.26. The molecular weight excluding hydrogens is 324 g/mol. The molecule has 2 aromatic rings. The molecule has 2 aliphatic rings. The fourth-order valence-corrected chi connectivity index (χ4v) is 5.20. The lowest BCUT2D eigenvalue weighted by atomic mass is 9.93. The highest BCUT2D eigenvalue weighted by Crippen LogP contribution is 2.56. The summed E-state index contributed by atoms with van der Waals surface area (Å²) in [4.78, 5) is 16.3. The summed E-state index contributed by atoms with van der Waals surface area (Å²) in [5.41, 5.74) is 1.66. The fraction of sp³-hybridized carbons (Fsp3) is 0.500. The molecule has 2 fully saturated rings. The van der Waals surface area contributed by atoms with E-state index >= 15 is 0 Å². The van der Waals surface area contributed by atoms with E-state index in [1.165, 1.54) is 29.7 Å². The van der Waals surface area contributed by atoms with Crippen molar-refractivity contribution in [1.82, 2.24) is 10.2 Å². The fourth-order valence-electron chi connectivity index (χ4n) is 3.84. The Morgan fingerprint density at radius 3 is 2.87 bits per heavy atom. The summed E-state index contributed by atoms with van der Waals surface area (Å²) in [6, 6.07) is 6.69. The average molecular weight is 347 g/mol. The van der Waals surface area contributed by atoms with Gasteiger partial charge in [-0.05, 0) is 71.6 Å². The van der Waals surface area contributed by atoms with Crippen LogP contribution < -0.4 is 5.32 Å². The number of carbonyl (C=O) groups excluding carboxylic acids is 1. The van der Waals surface area contributed by atoms with Gasteiger partial charge >= 0.3 is 0 Å². The topological polar surface area (TPSA) is 32.3 Å². The number of piperidine rings is 1. The molecule has 1 aliphatic heterocycles. The van der Waals surface area contributed by atoms with Gasteiger partial charge in [0.25, 0.3) is 0 Å². The third-order valence-electron chi connectivity index (χ3n) is 5.28. The number of thiophene rings is 2. The smallest absolute Gasteiger partial charge is 0.228 e. The predicted octanol–water partition coefficient (Wildman–Crippen LogP) is 3.52. The summed E-state index contributed by atoms with van der Waals surface area (Å²) in [7, 11) is 0. The Balaban J connectivity index is 1.51. The van der Waals surface area contributed by atoms with Gasteiger partial charge in [-0.15, -0.1) is 11.3 Å². The van der Waals surface area contributed by atoms with Gasteiger partial charge < -0.3 is 10.2 Å². The Labute approximate surface area is 145 Å². The highest BCUT2D eigenvalue weighted by Gasteiger charge is 2.57. The molecule has 3 heterocycles. The van der Waals surface area contributed by atoms with E-state index in [0.29, 0.717) is 23.8 Å².